The van der Waals surface area contributed by atoms with Crippen LogP contribution >= 0.6 is 0 Å². The Hall–Kier alpha value is -7.76. The lowest BCUT2D eigenvalue weighted by molar-refractivity contribution is 0.996. The number of aromatic amines is 1. The monoisotopic (exact) mass is 727 g/mol. The van der Waals surface area contributed by atoms with E-state index >= 15 is 0 Å². The fourth-order valence-corrected chi connectivity index (χ4v) is 8.88. The largest absolute Gasteiger partial charge is 0.354 e. The van der Waals surface area contributed by atoms with Gasteiger partial charge in [-0.05, 0) is 59.7 Å². The van der Waals surface area contributed by atoms with E-state index in [9.17, 15) is 0 Å². The molecule has 0 unspecified atom stereocenters. The third-order valence-corrected chi connectivity index (χ3v) is 11.5. The van der Waals surface area contributed by atoms with Gasteiger partial charge >= 0.3 is 0 Å². The van der Waals surface area contributed by atoms with Gasteiger partial charge in [-0.15, -0.1) is 0 Å². The Morgan fingerprint density at radius 2 is 0.912 bits per heavy atom. The summed E-state index contributed by atoms with van der Waals surface area (Å²) in [6, 6.07) is 69.0. The Morgan fingerprint density at radius 3 is 1.70 bits per heavy atom. The fourth-order valence-electron chi connectivity index (χ4n) is 8.88. The van der Waals surface area contributed by atoms with Gasteiger partial charge in [0, 0.05) is 60.2 Å². The summed E-state index contributed by atoms with van der Waals surface area (Å²) >= 11 is 0. The maximum Gasteiger partial charge on any atom is 0.235 e. The minimum absolute atomic E-state index is 0.624. The standard InChI is InChI=1S/C52H33N5/c1-3-13-33(14-4-1)34-23-25-35(26-24-34)44-32-45(36-27-28-39-38-17-7-10-20-43(38)53-46(39)31-36)55-52(54-44)57-48-22-12-9-19-42(48)50-49(57)30-29-41-40-18-8-11-21-47(40)56(51(41)50)37-15-5-2-6-16-37/h1-32,53H. The Bertz CT molecular complexity index is 3500. The highest BCUT2D eigenvalue weighted by Crippen LogP contribution is 2.42. The SMILES string of the molecule is c1ccc(-c2ccc(-c3cc(-c4ccc5c(c4)[nH]c4ccccc45)nc(-n4c5ccccc5c5c4ccc4c6ccccc6n(-c6ccccc6)c45)n3)cc2)cc1. The highest BCUT2D eigenvalue weighted by Gasteiger charge is 2.22. The summed E-state index contributed by atoms with van der Waals surface area (Å²) in [6.07, 6.45) is 0. The number of aromatic nitrogens is 5. The summed E-state index contributed by atoms with van der Waals surface area (Å²) in [4.78, 5) is 14.5. The van der Waals surface area contributed by atoms with Crippen molar-refractivity contribution in [1.29, 1.82) is 0 Å². The van der Waals surface area contributed by atoms with Crippen molar-refractivity contribution in [3.8, 4) is 45.3 Å². The quantitative estimate of drug-likeness (QED) is 0.192. The number of benzene rings is 8. The molecule has 8 aromatic carbocycles. The minimum Gasteiger partial charge on any atom is -0.354 e. The number of para-hydroxylation sites is 4. The second-order valence-electron chi connectivity index (χ2n) is 14.7. The number of nitrogens with zero attached hydrogens (tertiary/aromatic N) is 4. The van der Waals surface area contributed by atoms with Crippen molar-refractivity contribution in [1.82, 2.24) is 24.1 Å². The van der Waals surface area contributed by atoms with Crippen molar-refractivity contribution >= 4 is 65.4 Å². The molecule has 12 aromatic rings. The molecular weight excluding hydrogens is 695 g/mol. The molecule has 0 aliphatic carbocycles. The van der Waals surface area contributed by atoms with Gasteiger partial charge in [0.25, 0.3) is 0 Å². The van der Waals surface area contributed by atoms with Gasteiger partial charge < -0.3 is 9.55 Å². The molecule has 12 rings (SSSR count). The summed E-state index contributed by atoms with van der Waals surface area (Å²) in [7, 11) is 0. The van der Waals surface area contributed by atoms with Crippen molar-refractivity contribution in [2.75, 3.05) is 0 Å². The Kier molecular flexibility index (Phi) is 6.86. The maximum atomic E-state index is 5.43. The molecule has 0 fully saturated rings. The highest BCUT2D eigenvalue weighted by molar-refractivity contribution is 6.26. The topological polar surface area (TPSA) is 51.4 Å². The predicted molar refractivity (Wildman–Crippen MR) is 236 cm³/mol. The highest BCUT2D eigenvalue weighted by atomic mass is 15.2. The van der Waals surface area contributed by atoms with E-state index in [1.54, 1.807) is 0 Å². The van der Waals surface area contributed by atoms with E-state index in [0.29, 0.717) is 5.95 Å². The maximum absolute atomic E-state index is 5.43. The van der Waals surface area contributed by atoms with Gasteiger partial charge in [-0.2, -0.15) is 0 Å². The summed E-state index contributed by atoms with van der Waals surface area (Å²) < 4.78 is 4.67. The lowest BCUT2D eigenvalue weighted by Crippen LogP contribution is -2.04. The first-order valence-corrected chi connectivity index (χ1v) is 19.3. The number of fused-ring (bicyclic) bond motifs is 10. The second kappa shape index (κ2) is 12.4. The van der Waals surface area contributed by atoms with Crippen molar-refractivity contribution in [3.05, 3.63) is 194 Å². The Balaban J connectivity index is 1.14. The van der Waals surface area contributed by atoms with Crippen LogP contribution in [0.4, 0.5) is 0 Å². The first-order valence-electron chi connectivity index (χ1n) is 19.3. The first kappa shape index (κ1) is 31.6. The van der Waals surface area contributed by atoms with Crippen LogP contribution in [-0.2, 0) is 0 Å². The van der Waals surface area contributed by atoms with Crippen molar-refractivity contribution < 1.29 is 0 Å². The van der Waals surface area contributed by atoms with Crippen LogP contribution in [0.5, 0.6) is 0 Å². The van der Waals surface area contributed by atoms with E-state index in [0.717, 1.165) is 55.7 Å². The minimum atomic E-state index is 0.624. The first-order chi connectivity index (χ1) is 28.3. The van der Waals surface area contributed by atoms with Gasteiger partial charge in [0.05, 0.1) is 33.5 Å². The molecule has 1 N–H and O–H groups in total. The van der Waals surface area contributed by atoms with Crippen molar-refractivity contribution in [2.24, 2.45) is 0 Å². The van der Waals surface area contributed by atoms with Gasteiger partial charge in [-0.25, -0.2) is 9.97 Å². The zero-order chi connectivity index (χ0) is 37.5. The lowest BCUT2D eigenvalue weighted by Gasteiger charge is -2.13. The summed E-state index contributed by atoms with van der Waals surface area (Å²) in [5.41, 5.74) is 13.9. The van der Waals surface area contributed by atoms with E-state index in [1.807, 2.05) is 0 Å². The summed E-state index contributed by atoms with van der Waals surface area (Å²) in [5, 5.41) is 7.17. The van der Waals surface area contributed by atoms with Crippen LogP contribution in [0.3, 0.4) is 0 Å². The van der Waals surface area contributed by atoms with Crippen LogP contribution in [0, 0.1) is 0 Å². The summed E-state index contributed by atoms with van der Waals surface area (Å²) in [6.45, 7) is 0. The molecular formula is C52H33N5. The average Bonchev–Trinajstić information content (AvgIpc) is 3.94. The molecule has 0 amide bonds. The van der Waals surface area contributed by atoms with Gasteiger partial charge in [-0.3, -0.25) is 4.57 Å². The van der Waals surface area contributed by atoms with Crippen LogP contribution in [0.25, 0.3) is 111 Å². The molecule has 5 heteroatoms. The molecule has 0 spiro atoms. The average molecular weight is 728 g/mol. The molecule has 0 saturated heterocycles. The zero-order valence-electron chi connectivity index (χ0n) is 30.8. The van der Waals surface area contributed by atoms with Crippen LogP contribution < -0.4 is 0 Å². The second-order valence-corrected chi connectivity index (χ2v) is 14.7. The van der Waals surface area contributed by atoms with Crippen LogP contribution in [0.1, 0.15) is 0 Å². The predicted octanol–water partition coefficient (Wildman–Crippen LogP) is 13.3. The molecule has 0 radical (unpaired) electrons. The van der Waals surface area contributed by atoms with Gasteiger partial charge in [-0.1, -0.05) is 146 Å². The Labute approximate surface area is 327 Å². The van der Waals surface area contributed by atoms with Crippen molar-refractivity contribution in [2.45, 2.75) is 0 Å². The number of nitrogens with one attached hydrogen (secondary N) is 1. The van der Waals surface area contributed by atoms with Crippen LogP contribution in [-0.4, -0.2) is 24.1 Å². The molecule has 0 bridgehead atoms. The lowest BCUT2D eigenvalue weighted by atomic mass is 10.0. The number of H-pyrrole nitrogens is 1. The normalized spacial score (nSPS) is 11.9. The van der Waals surface area contributed by atoms with E-state index < -0.39 is 0 Å². The molecule has 0 aliphatic heterocycles. The van der Waals surface area contributed by atoms with E-state index in [1.165, 1.54) is 49.1 Å². The number of hydrogen-bond acceptors (Lipinski definition) is 2. The number of rotatable bonds is 5. The molecule has 0 atom stereocenters. The third-order valence-electron chi connectivity index (χ3n) is 11.5. The molecule has 4 heterocycles. The van der Waals surface area contributed by atoms with Gasteiger partial charge in [0.1, 0.15) is 0 Å². The Morgan fingerprint density at radius 1 is 0.351 bits per heavy atom. The summed E-state index contributed by atoms with van der Waals surface area (Å²) in [5.74, 6) is 0.624. The van der Waals surface area contributed by atoms with E-state index in [2.05, 4.69) is 208 Å². The molecule has 57 heavy (non-hydrogen) atoms. The van der Waals surface area contributed by atoms with Gasteiger partial charge in [0.15, 0.2) is 0 Å². The molecule has 5 nitrogen and oxygen atoms in total. The van der Waals surface area contributed by atoms with Crippen LogP contribution in [0.2, 0.25) is 0 Å². The van der Waals surface area contributed by atoms with E-state index in [-0.39, 0.29) is 0 Å². The number of hydrogen-bond donors (Lipinski definition) is 1. The van der Waals surface area contributed by atoms with Gasteiger partial charge in [0.2, 0.25) is 5.95 Å². The smallest absolute Gasteiger partial charge is 0.235 e. The third kappa shape index (κ3) is 4.89. The molecule has 266 valence electrons. The van der Waals surface area contributed by atoms with E-state index in [4.69, 9.17) is 9.97 Å². The zero-order valence-corrected chi connectivity index (χ0v) is 30.8. The van der Waals surface area contributed by atoms with Crippen LogP contribution in [0.15, 0.2) is 194 Å². The molecule has 0 aliphatic rings. The fraction of sp³-hybridized carbons (Fsp3) is 0. The van der Waals surface area contributed by atoms with Crippen molar-refractivity contribution in [3.63, 3.8) is 0 Å². The molecule has 0 saturated carbocycles. The molecule has 4 aromatic heterocycles.